The van der Waals surface area contributed by atoms with Crippen molar-refractivity contribution in [3.63, 3.8) is 0 Å². The first-order valence-electron chi connectivity index (χ1n) is 5.34. The molecule has 0 spiro atoms. The van der Waals surface area contributed by atoms with Crippen molar-refractivity contribution in [2.75, 3.05) is 0 Å². The molecule has 0 aromatic heterocycles. The van der Waals surface area contributed by atoms with Crippen molar-refractivity contribution in [1.29, 1.82) is 0 Å². The van der Waals surface area contributed by atoms with E-state index in [1.807, 2.05) is 27.7 Å². The number of hydrogen-bond acceptors (Lipinski definition) is 2. The van der Waals surface area contributed by atoms with Gasteiger partial charge in [0.2, 0.25) is 0 Å². The number of phenols is 1. The largest absolute Gasteiger partial charge is 0.508 e. The second-order valence-electron chi connectivity index (χ2n) is 4.10. The molecule has 1 N–H and O–H groups in total. The predicted octanol–water partition coefficient (Wildman–Crippen LogP) is 3.42. The Morgan fingerprint density at radius 2 is 2.00 bits per heavy atom. The third-order valence-electron chi connectivity index (χ3n) is 2.69. The van der Waals surface area contributed by atoms with Crippen LogP contribution in [0.1, 0.15) is 54.6 Å². The van der Waals surface area contributed by atoms with Gasteiger partial charge in [0.15, 0.2) is 5.78 Å². The van der Waals surface area contributed by atoms with E-state index >= 15 is 0 Å². The highest BCUT2D eigenvalue weighted by Gasteiger charge is 2.15. The van der Waals surface area contributed by atoms with E-state index < -0.39 is 0 Å². The minimum absolute atomic E-state index is 0.134. The summed E-state index contributed by atoms with van der Waals surface area (Å²) < 4.78 is 0. The number of ketones is 1. The Labute approximate surface area is 90.9 Å². The van der Waals surface area contributed by atoms with Crippen LogP contribution in [0, 0.1) is 6.92 Å². The molecule has 0 heterocycles. The van der Waals surface area contributed by atoms with Gasteiger partial charge in [0.1, 0.15) is 5.75 Å². The molecule has 0 amide bonds. The van der Waals surface area contributed by atoms with Gasteiger partial charge in [0.05, 0.1) is 0 Å². The quantitative estimate of drug-likeness (QED) is 0.769. The monoisotopic (exact) mass is 206 g/mol. The maximum atomic E-state index is 11.6. The summed E-state index contributed by atoms with van der Waals surface area (Å²) in [4.78, 5) is 11.6. The standard InChI is InChI=1S/C13H18O2/c1-5-11(14)10-6-7-12(15)13(8(2)3)9(10)4/h6-8,15H,5H2,1-4H3. The molecule has 0 bridgehead atoms. The topological polar surface area (TPSA) is 37.3 Å². The fourth-order valence-electron chi connectivity index (χ4n) is 1.94. The summed E-state index contributed by atoms with van der Waals surface area (Å²) >= 11 is 0. The fraction of sp³-hybridized carbons (Fsp3) is 0.462. The van der Waals surface area contributed by atoms with Crippen molar-refractivity contribution in [3.05, 3.63) is 28.8 Å². The summed E-state index contributed by atoms with van der Waals surface area (Å²) in [6.07, 6.45) is 0.503. The molecule has 1 aromatic rings. The van der Waals surface area contributed by atoms with Gasteiger partial charge in [-0.05, 0) is 30.5 Å². The van der Waals surface area contributed by atoms with E-state index in [9.17, 15) is 9.90 Å². The van der Waals surface area contributed by atoms with Crippen molar-refractivity contribution in [2.24, 2.45) is 0 Å². The lowest BCUT2D eigenvalue weighted by Crippen LogP contribution is -2.04. The van der Waals surface area contributed by atoms with E-state index in [0.717, 1.165) is 16.7 Å². The van der Waals surface area contributed by atoms with Crippen LogP contribution in [-0.4, -0.2) is 10.9 Å². The first kappa shape index (κ1) is 11.8. The van der Waals surface area contributed by atoms with Crippen molar-refractivity contribution < 1.29 is 9.90 Å². The Morgan fingerprint density at radius 1 is 1.40 bits per heavy atom. The average molecular weight is 206 g/mol. The van der Waals surface area contributed by atoms with Crippen LogP contribution >= 0.6 is 0 Å². The van der Waals surface area contributed by atoms with Gasteiger partial charge in [-0.15, -0.1) is 0 Å². The van der Waals surface area contributed by atoms with Crippen molar-refractivity contribution in [2.45, 2.75) is 40.0 Å². The van der Waals surface area contributed by atoms with Crippen LogP contribution in [0.3, 0.4) is 0 Å². The van der Waals surface area contributed by atoms with Gasteiger partial charge in [0, 0.05) is 17.5 Å². The number of rotatable bonds is 3. The van der Waals surface area contributed by atoms with E-state index in [4.69, 9.17) is 0 Å². The smallest absolute Gasteiger partial charge is 0.162 e. The van der Waals surface area contributed by atoms with Gasteiger partial charge in [-0.2, -0.15) is 0 Å². The van der Waals surface area contributed by atoms with Crippen LogP contribution in [0.25, 0.3) is 0 Å². The molecule has 0 saturated carbocycles. The van der Waals surface area contributed by atoms with Gasteiger partial charge in [0.25, 0.3) is 0 Å². The van der Waals surface area contributed by atoms with Crippen LogP contribution in [-0.2, 0) is 0 Å². The molecule has 0 aliphatic heterocycles. The van der Waals surface area contributed by atoms with Gasteiger partial charge in [-0.1, -0.05) is 20.8 Å². The molecule has 2 heteroatoms. The number of phenolic OH excluding ortho intramolecular Hbond substituents is 1. The minimum atomic E-state index is 0.134. The zero-order valence-corrected chi connectivity index (χ0v) is 9.79. The van der Waals surface area contributed by atoms with Gasteiger partial charge >= 0.3 is 0 Å². The number of carbonyl (C=O) groups is 1. The summed E-state index contributed by atoms with van der Waals surface area (Å²) in [5.74, 6) is 0.652. The van der Waals surface area contributed by atoms with Crippen LogP contribution in [0.4, 0.5) is 0 Å². The summed E-state index contributed by atoms with van der Waals surface area (Å²) in [5, 5.41) is 9.73. The third-order valence-corrected chi connectivity index (χ3v) is 2.69. The maximum absolute atomic E-state index is 11.6. The first-order valence-corrected chi connectivity index (χ1v) is 5.34. The predicted molar refractivity (Wildman–Crippen MR) is 61.6 cm³/mol. The molecule has 2 nitrogen and oxygen atoms in total. The zero-order chi connectivity index (χ0) is 11.6. The summed E-state index contributed by atoms with van der Waals surface area (Å²) in [5.41, 5.74) is 2.53. The summed E-state index contributed by atoms with van der Waals surface area (Å²) in [6, 6.07) is 3.33. The summed E-state index contributed by atoms with van der Waals surface area (Å²) in [7, 11) is 0. The molecule has 0 saturated heterocycles. The van der Waals surface area contributed by atoms with Gasteiger partial charge in [-0.3, -0.25) is 4.79 Å². The second kappa shape index (κ2) is 4.47. The number of benzene rings is 1. The van der Waals surface area contributed by atoms with Crippen LogP contribution < -0.4 is 0 Å². The van der Waals surface area contributed by atoms with Crippen molar-refractivity contribution in [3.8, 4) is 5.75 Å². The number of aromatic hydroxyl groups is 1. The lowest BCUT2D eigenvalue weighted by atomic mass is 9.91. The molecule has 0 atom stereocenters. The van der Waals surface area contributed by atoms with E-state index in [1.54, 1.807) is 12.1 Å². The number of Topliss-reactive ketones (excluding diaryl/α,β-unsaturated/α-hetero) is 1. The maximum Gasteiger partial charge on any atom is 0.162 e. The van der Waals surface area contributed by atoms with Crippen LogP contribution in [0.5, 0.6) is 5.75 Å². The molecule has 0 fully saturated rings. The Kier molecular flexibility index (Phi) is 3.51. The van der Waals surface area contributed by atoms with Gasteiger partial charge < -0.3 is 5.11 Å². The molecule has 0 aliphatic carbocycles. The zero-order valence-electron chi connectivity index (χ0n) is 9.79. The minimum Gasteiger partial charge on any atom is -0.508 e. The average Bonchev–Trinajstić information content (AvgIpc) is 2.16. The van der Waals surface area contributed by atoms with E-state index in [1.165, 1.54) is 0 Å². The van der Waals surface area contributed by atoms with Crippen LogP contribution in [0.2, 0.25) is 0 Å². The molecule has 0 radical (unpaired) electrons. The molecule has 1 rings (SSSR count). The molecule has 15 heavy (non-hydrogen) atoms. The highest BCUT2D eigenvalue weighted by atomic mass is 16.3. The lowest BCUT2D eigenvalue weighted by Gasteiger charge is -2.14. The Morgan fingerprint density at radius 3 is 2.47 bits per heavy atom. The highest BCUT2D eigenvalue weighted by Crippen LogP contribution is 2.31. The van der Waals surface area contributed by atoms with E-state index in [0.29, 0.717) is 6.42 Å². The molecule has 1 aromatic carbocycles. The fourth-order valence-corrected chi connectivity index (χ4v) is 1.94. The summed E-state index contributed by atoms with van der Waals surface area (Å²) in [6.45, 7) is 7.78. The highest BCUT2D eigenvalue weighted by molar-refractivity contribution is 5.97. The Balaban J connectivity index is 3.35. The first-order chi connectivity index (χ1) is 6.99. The third kappa shape index (κ3) is 2.20. The molecule has 0 unspecified atom stereocenters. The Hall–Kier alpha value is -1.31. The Bertz CT molecular complexity index is 378. The van der Waals surface area contributed by atoms with Gasteiger partial charge in [-0.25, -0.2) is 0 Å². The number of carbonyl (C=O) groups excluding carboxylic acids is 1. The molecular weight excluding hydrogens is 188 g/mol. The SMILES string of the molecule is CCC(=O)c1ccc(O)c(C(C)C)c1C. The van der Waals surface area contributed by atoms with E-state index in [2.05, 4.69) is 0 Å². The van der Waals surface area contributed by atoms with Crippen molar-refractivity contribution >= 4 is 5.78 Å². The number of hydrogen-bond donors (Lipinski definition) is 1. The molecule has 82 valence electrons. The normalized spacial score (nSPS) is 10.7. The van der Waals surface area contributed by atoms with E-state index in [-0.39, 0.29) is 17.5 Å². The van der Waals surface area contributed by atoms with Crippen LogP contribution in [0.15, 0.2) is 12.1 Å². The van der Waals surface area contributed by atoms with Crippen molar-refractivity contribution in [1.82, 2.24) is 0 Å². The second-order valence-corrected chi connectivity index (χ2v) is 4.10. The molecule has 0 aliphatic rings. The lowest BCUT2D eigenvalue weighted by molar-refractivity contribution is 0.0987. The molecular formula is C13H18O2.